The second-order valence-corrected chi connectivity index (χ2v) is 39.3. The van der Waals surface area contributed by atoms with Gasteiger partial charge in [-0.2, -0.15) is 0 Å². The lowest BCUT2D eigenvalue weighted by molar-refractivity contribution is 0.662. The van der Waals surface area contributed by atoms with E-state index in [9.17, 15) is 0 Å². The number of benzene rings is 22. The van der Waals surface area contributed by atoms with Crippen LogP contribution in [-0.4, -0.2) is 9.13 Å². The molecule has 30 aromatic rings. The van der Waals surface area contributed by atoms with Crippen LogP contribution in [0.1, 0.15) is 76.3 Å². The first kappa shape index (κ1) is 86.7. The van der Waals surface area contributed by atoms with Crippen LogP contribution in [0.5, 0.6) is 0 Å². The van der Waals surface area contributed by atoms with Crippen molar-refractivity contribution in [2.45, 2.75) is 78.1 Å². The number of rotatable bonds is 19. The SMILES string of the molecule is CCCCCCc1ccc(-n2c3ccccc3c3cc4c5ccccc5n(-c5ccc(CCCCCC)cc5)c4cc32)cc1.c1ccc(-c2c3ccccc3c(-c3cccc(-c4cc5ccccc5c5c4oc4c5ccc5oc6ccccc6c54)c3)c3ccccc23)cc1.c1ccc(-c2ccccc2N(c2ccc3oc4ccc5c6ccccc6oc5c4c3c2)c2cccc3oc4ccc5c6ccccc6oc5c4c23)cc1. The molecule has 0 saturated carbocycles. The molecule has 0 bridgehead atoms. The van der Waals surface area contributed by atoms with Crippen LogP contribution >= 0.6 is 0 Å². The Kier molecular flexibility index (Phi) is 21.3. The first-order valence-corrected chi connectivity index (χ1v) is 51.8. The number of para-hydroxylation sites is 6. The Morgan fingerprint density at radius 1 is 0.204 bits per heavy atom. The molecule has 8 heterocycles. The highest BCUT2D eigenvalue weighted by molar-refractivity contribution is 6.31. The minimum atomic E-state index is 0.777. The van der Waals surface area contributed by atoms with E-state index in [1.807, 2.05) is 42.5 Å². The lowest BCUT2D eigenvalue weighted by Crippen LogP contribution is -2.11. The van der Waals surface area contributed by atoms with E-state index in [1.54, 1.807) is 0 Å². The molecule has 0 spiro atoms. The average Bonchev–Trinajstić information content (AvgIpc) is 1.64. The molecule has 0 amide bonds. The van der Waals surface area contributed by atoms with Crippen molar-refractivity contribution < 1.29 is 26.5 Å². The van der Waals surface area contributed by atoms with Crippen LogP contribution in [0.2, 0.25) is 0 Å². The van der Waals surface area contributed by atoms with Gasteiger partial charge in [-0.15, -0.1) is 0 Å². The van der Waals surface area contributed by atoms with E-state index in [-0.39, 0.29) is 0 Å². The van der Waals surface area contributed by atoms with Crippen LogP contribution in [0, 0.1) is 0 Å². The molecule has 147 heavy (non-hydrogen) atoms. The number of aryl methyl sites for hydroxylation is 2. The summed E-state index contributed by atoms with van der Waals surface area (Å²) in [6.07, 6.45) is 12.7. The van der Waals surface area contributed by atoms with Gasteiger partial charge in [0.25, 0.3) is 0 Å². The third-order valence-electron chi connectivity index (χ3n) is 30.6. The molecule has 9 heteroatoms. The topological polar surface area (TPSA) is 91.9 Å². The fourth-order valence-electron chi connectivity index (χ4n) is 23.8. The van der Waals surface area contributed by atoms with E-state index in [0.29, 0.717) is 0 Å². The summed E-state index contributed by atoms with van der Waals surface area (Å²) in [6, 6.07) is 159. The number of hydrogen-bond acceptors (Lipinski definition) is 7. The molecule has 0 fully saturated rings. The summed E-state index contributed by atoms with van der Waals surface area (Å²) in [7, 11) is 0. The van der Waals surface area contributed by atoms with Gasteiger partial charge in [0.1, 0.15) is 67.0 Å². The van der Waals surface area contributed by atoms with E-state index >= 15 is 0 Å². The first-order chi connectivity index (χ1) is 72.9. The van der Waals surface area contributed by atoms with Crippen molar-refractivity contribution in [3.05, 3.63) is 454 Å². The molecule has 0 unspecified atom stereocenters. The maximum absolute atomic E-state index is 7.02. The Labute approximate surface area is 847 Å². The van der Waals surface area contributed by atoms with Gasteiger partial charge in [-0.25, -0.2) is 0 Å². The van der Waals surface area contributed by atoms with Gasteiger partial charge in [-0.3, -0.25) is 0 Å². The summed E-state index contributed by atoms with van der Waals surface area (Å²) in [5.41, 5.74) is 32.6. The highest BCUT2D eigenvalue weighted by Crippen LogP contribution is 2.54. The predicted molar refractivity (Wildman–Crippen MR) is 616 cm³/mol. The summed E-state index contributed by atoms with van der Waals surface area (Å²) in [6.45, 7) is 4.56. The number of hydrogen-bond donors (Lipinski definition) is 0. The zero-order valence-corrected chi connectivity index (χ0v) is 81.5. The zero-order valence-electron chi connectivity index (χ0n) is 81.5. The van der Waals surface area contributed by atoms with Crippen molar-refractivity contribution in [1.29, 1.82) is 0 Å². The lowest BCUT2D eigenvalue weighted by atomic mass is 9.85. The maximum atomic E-state index is 7.02. The largest absolute Gasteiger partial charge is 0.456 e. The first-order valence-electron chi connectivity index (χ1n) is 51.8. The number of aromatic nitrogens is 2. The van der Waals surface area contributed by atoms with Crippen LogP contribution in [0.15, 0.2) is 469 Å². The third-order valence-corrected chi connectivity index (χ3v) is 30.6. The molecule has 8 aromatic heterocycles. The third kappa shape index (κ3) is 14.6. The maximum Gasteiger partial charge on any atom is 0.147 e. The normalized spacial score (nSPS) is 12.0. The molecule has 22 aromatic carbocycles. The van der Waals surface area contributed by atoms with Gasteiger partial charge in [0, 0.05) is 92.8 Å². The molecule has 0 aliphatic heterocycles. The standard InChI is InChI=1S/C48H27NO4.C48H28O2.C42H44N2/c1-2-11-28(12-3-1)30-13-4-7-16-36(30)49(29-21-24-40-35(27-29)44-42(50-40)25-22-33-31-14-5-8-18-38(31)52-47(33)44)37-17-10-20-41-45(37)46-43(51-41)26-23-34-32-15-6-9-19-39(32)53-48(34)46;1-2-13-29(14-3-1)43-34-19-6-8-21-36(34)44(37-22-9-7-20-35(37)43)32-17-12-16-30(27-32)40-28-31-15-4-5-18-33(31)45-39-25-26-42-46(47(39)50-48(40)45)38-23-10-11-24-41(38)49-42;1-3-5-7-9-15-31-21-25-33(26-22-31)43-39-19-13-11-17-35(39)37-29-38-36-18-12-14-20-40(36)44(42(38)30-41(37)43)34-27-23-32(24-28-34)16-10-8-6-4-2/h1-27H;1-28H;11-14,17-30H,3-10,15-16H2,1-2H3. The van der Waals surface area contributed by atoms with E-state index in [1.165, 1.54) is 172 Å². The van der Waals surface area contributed by atoms with Crippen LogP contribution in [0.4, 0.5) is 17.1 Å². The van der Waals surface area contributed by atoms with Crippen molar-refractivity contribution in [2.24, 2.45) is 0 Å². The summed E-state index contributed by atoms with van der Waals surface area (Å²) < 4.78 is 44.5. The second-order valence-electron chi connectivity index (χ2n) is 39.3. The number of unbranched alkanes of at least 4 members (excludes halogenated alkanes) is 6. The number of nitrogens with zero attached hydrogens (tertiary/aromatic N) is 3. The van der Waals surface area contributed by atoms with Crippen LogP contribution < -0.4 is 4.90 Å². The summed E-state index contributed by atoms with van der Waals surface area (Å²) >= 11 is 0. The Morgan fingerprint density at radius 2 is 0.626 bits per heavy atom. The van der Waals surface area contributed by atoms with Crippen molar-refractivity contribution in [3.8, 4) is 55.9 Å². The molecule has 702 valence electrons. The molecule has 0 aliphatic rings. The van der Waals surface area contributed by atoms with Gasteiger partial charge < -0.3 is 40.5 Å². The van der Waals surface area contributed by atoms with E-state index in [2.05, 4.69) is 428 Å². The highest BCUT2D eigenvalue weighted by atomic mass is 16.4. The predicted octanol–water partition coefficient (Wildman–Crippen LogP) is 40.5. The van der Waals surface area contributed by atoms with Crippen molar-refractivity contribution in [2.75, 3.05) is 4.90 Å². The molecule has 0 atom stereocenters. The van der Waals surface area contributed by atoms with E-state index in [4.69, 9.17) is 26.5 Å². The van der Waals surface area contributed by atoms with Crippen molar-refractivity contribution >= 4 is 225 Å². The molecule has 0 saturated heterocycles. The van der Waals surface area contributed by atoms with Crippen LogP contribution in [-0.2, 0) is 12.8 Å². The summed E-state index contributed by atoms with van der Waals surface area (Å²) in [5.74, 6) is 0. The van der Waals surface area contributed by atoms with Crippen LogP contribution in [0.25, 0.3) is 263 Å². The molecule has 0 aliphatic carbocycles. The fraction of sp³-hybridized carbons (Fsp3) is 0.0870. The molecule has 9 nitrogen and oxygen atoms in total. The number of anilines is 3. The van der Waals surface area contributed by atoms with Crippen LogP contribution in [0.3, 0.4) is 0 Å². The Balaban J connectivity index is 0.000000107. The smallest absolute Gasteiger partial charge is 0.147 e. The van der Waals surface area contributed by atoms with Gasteiger partial charge in [0.05, 0.1) is 55.0 Å². The molecule has 0 radical (unpaired) electrons. The minimum absolute atomic E-state index is 0.777. The minimum Gasteiger partial charge on any atom is -0.456 e. The number of furan rings is 6. The van der Waals surface area contributed by atoms with Gasteiger partial charge in [0.2, 0.25) is 0 Å². The fourth-order valence-corrected chi connectivity index (χ4v) is 23.8. The van der Waals surface area contributed by atoms with Crippen molar-refractivity contribution in [3.63, 3.8) is 0 Å². The molecule has 30 rings (SSSR count). The van der Waals surface area contributed by atoms with E-state index in [0.717, 1.165) is 184 Å². The van der Waals surface area contributed by atoms with Crippen molar-refractivity contribution in [1.82, 2.24) is 9.13 Å². The zero-order chi connectivity index (χ0) is 97.3. The quantitative estimate of drug-likeness (QED) is 0.0588. The summed E-state index contributed by atoms with van der Waals surface area (Å²) in [4.78, 5) is 2.35. The van der Waals surface area contributed by atoms with Gasteiger partial charge in [0.15, 0.2) is 0 Å². The van der Waals surface area contributed by atoms with Gasteiger partial charge in [-0.05, 0) is 254 Å². The molecular weight excluding hydrogens is 1800 g/mol. The summed E-state index contributed by atoms with van der Waals surface area (Å²) in [5, 5.41) is 25.0. The lowest BCUT2D eigenvalue weighted by Gasteiger charge is -2.28. The Morgan fingerprint density at radius 3 is 1.22 bits per heavy atom. The molecular formula is C138H99N3O6. The number of fused-ring (bicyclic) bond motifs is 31. The Bertz CT molecular complexity index is 10200. The van der Waals surface area contributed by atoms with E-state index < -0.39 is 0 Å². The second kappa shape index (κ2) is 36.0. The van der Waals surface area contributed by atoms with Gasteiger partial charge >= 0.3 is 0 Å². The molecule has 0 N–H and O–H groups in total. The monoisotopic (exact) mass is 1890 g/mol. The van der Waals surface area contributed by atoms with Gasteiger partial charge in [-0.1, -0.05) is 344 Å². The average molecular weight is 1900 g/mol. The Hall–Kier alpha value is -18.2. The highest BCUT2D eigenvalue weighted by Gasteiger charge is 2.30.